The molecule has 0 unspecified atom stereocenters. The molecule has 0 aliphatic rings. The van der Waals surface area contributed by atoms with Crippen molar-refractivity contribution in [2.45, 2.75) is 26.2 Å². The van der Waals surface area contributed by atoms with E-state index >= 15 is 0 Å². The maximum atomic E-state index is 12.3. The van der Waals surface area contributed by atoms with Crippen LogP contribution in [-0.2, 0) is 6.42 Å². The van der Waals surface area contributed by atoms with Gasteiger partial charge in [-0.15, -0.1) is 0 Å². The lowest BCUT2D eigenvalue weighted by molar-refractivity contribution is 0.0735. The van der Waals surface area contributed by atoms with Gasteiger partial charge in [-0.05, 0) is 65.9 Å². The Morgan fingerprint density at radius 3 is 2.04 bits per heavy atom. The van der Waals surface area contributed by atoms with E-state index in [1.807, 2.05) is 48.5 Å². The van der Waals surface area contributed by atoms with Gasteiger partial charge in [-0.2, -0.15) is 5.26 Å². The molecule has 0 aromatic heterocycles. The third-order valence-electron chi connectivity index (χ3n) is 4.42. The van der Waals surface area contributed by atoms with Crippen molar-refractivity contribution in [3.8, 4) is 22.9 Å². The van der Waals surface area contributed by atoms with Crippen molar-refractivity contribution in [2.24, 2.45) is 0 Å². The van der Waals surface area contributed by atoms with Crippen LogP contribution in [-0.4, -0.2) is 5.97 Å². The number of hydrogen-bond donors (Lipinski definition) is 0. The first-order chi connectivity index (χ1) is 13.2. The lowest BCUT2D eigenvalue weighted by Crippen LogP contribution is -2.08. The molecular weight excluding hydrogens is 334 g/mol. The molecule has 0 aliphatic carbocycles. The second-order valence-corrected chi connectivity index (χ2v) is 6.40. The Balaban J connectivity index is 1.65. The zero-order valence-corrected chi connectivity index (χ0v) is 15.3. The molecule has 27 heavy (non-hydrogen) atoms. The summed E-state index contributed by atoms with van der Waals surface area (Å²) >= 11 is 0. The van der Waals surface area contributed by atoms with Crippen LogP contribution in [0, 0.1) is 11.3 Å². The molecular formula is C24H21NO2. The summed E-state index contributed by atoms with van der Waals surface area (Å²) in [6.07, 6.45) is 3.33. The minimum absolute atomic E-state index is 0.358. The molecule has 3 aromatic rings. The van der Waals surface area contributed by atoms with E-state index in [0.717, 1.165) is 30.4 Å². The zero-order valence-electron chi connectivity index (χ0n) is 15.3. The largest absolute Gasteiger partial charge is 0.423 e. The monoisotopic (exact) mass is 355 g/mol. The van der Waals surface area contributed by atoms with Crippen LogP contribution in [0.3, 0.4) is 0 Å². The highest BCUT2D eigenvalue weighted by Gasteiger charge is 2.09. The van der Waals surface area contributed by atoms with Crippen LogP contribution in [0.5, 0.6) is 5.75 Å². The molecule has 0 fully saturated rings. The average Bonchev–Trinajstić information content (AvgIpc) is 2.73. The molecule has 0 saturated heterocycles. The summed E-state index contributed by atoms with van der Waals surface area (Å²) in [5, 5.41) is 8.87. The molecule has 0 spiro atoms. The van der Waals surface area contributed by atoms with Gasteiger partial charge in [0, 0.05) is 0 Å². The summed E-state index contributed by atoms with van der Waals surface area (Å²) in [6, 6.07) is 24.5. The Morgan fingerprint density at radius 2 is 1.48 bits per heavy atom. The van der Waals surface area contributed by atoms with Gasteiger partial charge in [0.15, 0.2) is 0 Å². The van der Waals surface area contributed by atoms with Gasteiger partial charge in [0.1, 0.15) is 5.75 Å². The Bertz CT molecular complexity index is 934. The minimum Gasteiger partial charge on any atom is -0.423 e. The molecule has 0 N–H and O–H groups in total. The summed E-state index contributed by atoms with van der Waals surface area (Å²) in [5.74, 6) is 0.149. The number of esters is 1. The number of carbonyl (C=O) groups is 1. The van der Waals surface area contributed by atoms with E-state index in [9.17, 15) is 4.79 Å². The third-order valence-corrected chi connectivity index (χ3v) is 4.42. The molecule has 3 heteroatoms. The third kappa shape index (κ3) is 4.83. The Kier molecular flexibility index (Phi) is 6.02. The van der Waals surface area contributed by atoms with E-state index in [4.69, 9.17) is 10.00 Å². The molecule has 0 radical (unpaired) electrons. The van der Waals surface area contributed by atoms with Crippen molar-refractivity contribution in [2.75, 3.05) is 0 Å². The van der Waals surface area contributed by atoms with Gasteiger partial charge in [-0.3, -0.25) is 0 Å². The van der Waals surface area contributed by atoms with Crippen LogP contribution in [0.25, 0.3) is 11.1 Å². The van der Waals surface area contributed by atoms with E-state index in [2.05, 4.69) is 13.0 Å². The molecule has 3 aromatic carbocycles. The van der Waals surface area contributed by atoms with Gasteiger partial charge in [-0.25, -0.2) is 4.79 Å². The fourth-order valence-electron chi connectivity index (χ4n) is 2.81. The summed E-state index contributed by atoms with van der Waals surface area (Å²) in [7, 11) is 0. The number of rotatable bonds is 6. The van der Waals surface area contributed by atoms with Crippen LogP contribution in [0.15, 0.2) is 72.8 Å². The average molecular weight is 355 g/mol. The number of nitrogens with zero attached hydrogens (tertiary/aromatic N) is 1. The molecule has 134 valence electrons. The van der Waals surface area contributed by atoms with Gasteiger partial charge in [0.05, 0.1) is 17.2 Å². The van der Waals surface area contributed by atoms with Crippen molar-refractivity contribution in [3.05, 3.63) is 89.5 Å². The molecule has 0 bridgehead atoms. The minimum atomic E-state index is -0.358. The van der Waals surface area contributed by atoms with Gasteiger partial charge >= 0.3 is 5.97 Å². The first-order valence-corrected chi connectivity index (χ1v) is 9.11. The maximum Gasteiger partial charge on any atom is 0.343 e. The zero-order chi connectivity index (χ0) is 19.1. The summed E-state index contributed by atoms with van der Waals surface area (Å²) in [5.41, 5.74) is 4.42. The number of carbonyl (C=O) groups excluding carboxylic acids is 1. The summed E-state index contributed by atoms with van der Waals surface area (Å²) in [6.45, 7) is 2.17. The summed E-state index contributed by atoms with van der Waals surface area (Å²) in [4.78, 5) is 12.3. The van der Waals surface area contributed by atoms with Crippen LogP contribution in [0.4, 0.5) is 0 Å². The summed E-state index contributed by atoms with van der Waals surface area (Å²) < 4.78 is 5.47. The lowest BCUT2D eigenvalue weighted by Gasteiger charge is -2.07. The van der Waals surface area contributed by atoms with Gasteiger partial charge < -0.3 is 4.74 Å². The van der Waals surface area contributed by atoms with E-state index in [1.54, 1.807) is 24.3 Å². The maximum absolute atomic E-state index is 12.3. The van der Waals surface area contributed by atoms with E-state index < -0.39 is 0 Å². The van der Waals surface area contributed by atoms with Crippen LogP contribution < -0.4 is 4.74 Å². The standard InChI is InChI=1S/C24H21NO2/c1-2-3-4-18-5-11-22(12-6-18)24(26)27-23-15-13-21(14-16-23)20-9-7-19(17-25)8-10-20/h5-16H,2-4H2,1H3. The number of nitriles is 1. The number of hydrogen-bond acceptors (Lipinski definition) is 3. The smallest absolute Gasteiger partial charge is 0.343 e. The van der Waals surface area contributed by atoms with Crippen LogP contribution >= 0.6 is 0 Å². The van der Waals surface area contributed by atoms with Crippen LogP contribution in [0.1, 0.15) is 41.3 Å². The highest BCUT2D eigenvalue weighted by atomic mass is 16.5. The Hall–Kier alpha value is -3.38. The predicted octanol–water partition coefficient (Wildman–Crippen LogP) is 5.79. The number of aryl methyl sites for hydroxylation is 1. The molecule has 0 aliphatic heterocycles. The fraction of sp³-hybridized carbons (Fsp3) is 0.167. The highest BCUT2D eigenvalue weighted by molar-refractivity contribution is 5.91. The topological polar surface area (TPSA) is 50.1 Å². The fourth-order valence-corrected chi connectivity index (χ4v) is 2.81. The molecule has 3 nitrogen and oxygen atoms in total. The van der Waals surface area contributed by atoms with E-state index in [0.29, 0.717) is 16.9 Å². The first kappa shape index (κ1) is 18.4. The van der Waals surface area contributed by atoms with Crippen molar-refractivity contribution >= 4 is 5.97 Å². The quantitative estimate of drug-likeness (QED) is 0.415. The van der Waals surface area contributed by atoms with Crippen molar-refractivity contribution in [1.29, 1.82) is 5.26 Å². The van der Waals surface area contributed by atoms with E-state index in [1.165, 1.54) is 5.56 Å². The highest BCUT2D eigenvalue weighted by Crippen LogP contribution is 2.23. The van der Waals surface area contributed by atoms with Crippen molar-refractivity contribution in [1.82, 2.24) is 0 Å². The van der Waals surface area contributed by atoms with Crippen molar-refractivity contribution in [3.63, 3.8) is 0 Å². The molecule has 0 heterocycles. The molecule has 0 amide bonds. The molecule has 0 saturated carbocycles. The van der Waals surface area contributed by atoms with Gasteiger partial charge in [-0.1, -0.05) is 49.7 Å². The van der Waals surface area contributed by atoms with Gasteiger partial charge in [0.2, 0.25) is 0 Å². The van der Waals surface area contributed by atoms with Gasteiger partial charge in [0.25, 0.3) is 0 Å². The molecule has 3 rings (SSSR count). The number of unbranched alkanes of at least 4 members (excludes halogenated alkanes) is 1. The Labute approximate surface area is 159 Å². The number of benzene rings is 3. The van der Waals surface area contributed by atoms with Crippen LogP contribution in [0.2, 0.25) is 0 Å². The van der Waals surface area contributed by atoms with E-state index in [-0.39, 0.29) is 5.97 Å². The second kappa shape index (κ2) is 8.82. The number of ether oxygens (including phenoxy) is 1. The predicted molar refractivity (Wildman–Crippen MR) is 107 cm³/mol. The Morgan fingerprint density at radius 1 is 0.889 bits per heavy atom. The second-order valence-electron chi connectivity index (χ2n) is 6.40. The lowest BCUT2D eigenvalue weighted by atomic mass is 10.0. The SMILES string of the molecule is CCCCc1ccc(C(=O)Oc2ccc(-c3ccc(C#N)cc3)cc2)cc1. The van der Waals surface area contributed by atoms with Crippen molar-refractivity contribution < 1.29 is 9.53 Å². The normalized spacial score (nSPS) is 10.2. The first-order valence-electron chi connectivity index (χ1n) is 9.11. The molecule has 0 atom stereocenters.